The maximum atomic E-state index is 12.2. The molecule has 2 atom stereocenters. The molecule has 18 heavy (non-hydrogen) atoms. The molecule has 1 saturated heterocycles. The van der Waals surface area contributed by atoms with Gasteiger partial charge in [-0.1, -0.05) is 22.0 Å². The molecule has 0 aromatic heterocycles. The zero-order chi connectivity index (χ0) is 13.3. The highest BCUT2D eigenvalue weighted by molar-refractivity contribution is 9.10. The Labute approximate surface area is 116 Å². The zero-order valence-electron chi connectivity index (χ0n) is 10.6. The molecule has 0 radical (unpaired) electrons. The van der Waals surface area contributed by atoms with Crippen molar-refractivity contribution in [3.05, 3.63) is 28.7 Å². The standard InChI is InChI=1S/C13H18BrN3O/c1-9-8-16(2)13(18)12(7-15)17(9)11-5-3-4-10(14)6-11/h3-6,9,12H,7-8,15H2,1-2H3. The van der Waals surface area contributed by atoms with E-state index in [9.17, 15) is 4.79 Å². The van der Waals surface area contributed by atoms with Gasteiger partial charge in [0.2, 0.25) is 5.91 Å². The maximum absolute atomic E-state index is 12.2. The molecular formula is C13H18BrN3O. The summed E-state index contributed by atoms with van der Waals surface area (Å²) in [6.45, 7) is 3.17. The van der Waals surface area contributed by atoms with Crippen LogP contribution in [0.4, 0.5) is 5.69 Å². The number of hydrogen-bond acceptors (Lipinski definition) is 3. The van der Waals surface area contributed by atoms with Gasteiger partial charge in [-0.05, 0) is 25.1 Å². The van der Waals surface area contributed by atoms with Gasteiger partial charge >= 0.3 is 0 Å². The third kappa shape index (κ3) is 2.37. The summed E-state index contributed by atoms with van der Waals surface area (Å²) in [7, 11) is 1.83. The number of piperazine rings is 1. The van der Waals surface area contributed by atoms with Crippen LogP contribution in [0.25, 0.3) is 0 Å². The fourth-order valence-corrected chi connectivity index (χ4v) is 2.93. The minimum absolute atomic E-state index is 0.0931. The number of amides is 1. The summed E-state index contributed by atoms with van der Waals surface area (Å²) in [5.41, 5.74) is 6.82. The predicted molar refractivity (Wildman–Crippen MR) is 76.6 cm³/mol. The van der Waals surface area contributed by atoms with E-state index in [1.807, 2.05) is 31.3 Å². The van der Waals surface area contributed by atoms with Crippen LogP contribution in [0.1, 0.15) is 6.92 Å². The highest BCUT2D eigenvalue weighted by Crippen LogP contribution is 2.27. The molecule has 1 aliphatic heterocycles. The topological polar surface area (TPSA) is 49.6 Å². The molecule has 1 amide bonds. The van der Waals surface area contributed by atoms with Gasteiger partial charge in [0.15, 0.2) is 0 Å². The smallest absolute Gasteiger partial charge is 0.246 e. The number of nitrogens with zero attached hydrogens (tertiary/aromatic N) is 2. The Morgan fingerprint density at radius 3 is 2.83 bits per heavy atom. The largest absolute Gasteiger partial charge is 0.354 e. The van der Waals surface area contributed by atoms with Crippen molar-refractivity contribution < 1.29 is 4.79 Å². The van der Waals surface area contributed by atoms with Crippen molar-refractivity contribution in [2.75, 3.05) is 25.0 Å². The van der Waals surface area contributed by atoms with Crippen LogP contribution in [0.2, 0.25) is 0 Å². The molecule has 0 saturated carbocycles. The number of carbonyl (C=O) groups excluding carboxylic acids is 1. The average molecular weight is 312 g/mol. The minimum atomic E-state index is -0.270. The summed E-state index contributed by atoms with van der Waals surface area (Å²) in [6, 6.07) is 7.98. The summed E-state index contributed by atoms with van der Waals surface area (Å²) < 4.78 is 1.01. The second kappa shape index (κ2) is 5.28. The molecule has 98 valence electrons. The van der Waals surface area contributed by atoms with E-state index >= 15 is 0 Å². The second-order valence-corrected chi connectivity index (χ2v) is 5.62. The zero-order valence-corrected chi connectivity index (χ0v) is 12.2. The fraction of sp³-hybridized carbons (Fsp3) is 0.462. The Morgan fingerprint density at radius 2 is 2.22 bits per heavy atom. The number of hydrogen-bond donors (Lipinski definition) is 1. The second-order valence-electron chi connectivity index (χ2n) is 4.71. The van der Waals surface area contributed by atoms with Crippen molar-refractivity contribution >= 4 is 27.5 Å². The number of benzene rings is 1. The maximum Gasteiger partial charge on any atom is 0.246 e. The monoisotopic (exact) mass is 311 g/mol. The molecular weight excluding hydrogens is 294 g/mol. The van der Waals surface area contributed by atoms with Crippen LogP contribution in [0.15, 0.2) is 28.7 Å². The highest BCUT2D eigenvalue weighted by atomic mass is 79.9. The number of nitrogens with two attached hydrogens (primary N) is 1. The third-order valence-electron chi connectivity index (χ3n) is 3.34. The lowest BCUT2D eigenvalue weighted by molar-refractivity contribution is -0.133. The van der Waals surface area contributed by atoms with Crippen LogP contribution >= 0.6 is 15.9 Å². The highest BCUT2D eigenvalue weighted by Gasteiger charge is 2.36. The molecule has 0 spiro atoms. The van der Waals surface area contributed by atoms with Crippen molar-refractivity contribution in [1.29, 1.82) is 0 Å². The van der Waals surface area contributed by atoms with Crippen LogP contribution in [0, 0.1) is 0 Å². The van der Waals surface area contributed by atoms with E-state index in [0.717, 1.165) is 16.7 Å². The molecule has 2 rings (SSSR count). The molecule has 1 heterocycles. The van der Waals surface area contributed by atoms with E-state index in [4.69, 9.17) is 5.73 Å². The number of halogens is 1. The first-order chi connectivity index (χ1) is 8.54. The lowest BCUT2D eigenvalue weighted by Gasteiger charge is -2.44. The van der Waals surface area contributed by atoms with Gasteiger partial charge in [-0.15, -0.1) is 0 Å². The number of rotatable bonds is 2. The molecule has 2 unspecified atom stereocenters. The third-order valence-corrected chi connectivity index (χ3v) is 3.83. The Bertz CT molecular complexity index is 452. The lowest BCUT2D eigenvalue weighted by atomic mass is 10.0. The summed E-state index contributed by atoms with van der Waals surface area (Å²) in [4.78, 5) is 16.0. The molecule has 0 bridgehead atoms. The molecule has 5 heteroatoms. The Hall–Kier alpha value is -1.07. The van der Waals surface area contributed by atoms with Gasteiger partial charge in [0.1, 0.15) is 6.04 Å². The van der Waals surface area contributed by atoms with E-state index in [1.165, 1.54) is 0 Å². The summed E-state index contributed by atoms with van der Waals surface area (Å²) in [5.74, 6) is 0.0931. The molecule has 1 aromatic carbocycles. The van der Waals surface area contributed by atoms with E-state index in [1.54, 1.807) is 4.90 Å². The number of carbonyl (C=O) groups is 1. The van der Waals surface area contributed by atoms with Gasteiger partial charge in [0, 0.05) is 36.3 Å². The van der Waals surface area contributed by atoms with E-state index in [-0.39, 0.29) is 18.0 Å². The van der Waals surface area contributed by atoms with Crippen molar-refractivity contribution in [2.45, 2.75) is 19.0 Å². The van der Waals surface area contributed by atoms with Crippen molar-refractivity contribution in [3.63, 3.8) is 0 Å². The van der Waals surface area contributed by atoms with Crippen LogP contribution in [-0.2, 0) is 4.79 Å². The van der Waals surface area contributed by atoms with Gasteiger partial charge in [0.25, 0.3) is 0 Å². The van der Waals surface area contributed by atoms with E-state index in [2.05, 4.69) is 27.8 Å². The van der Waals surface area contributed by atoms with Gasteiger partial charge in [0.05, 0.1) is 0 Å². The first kappa shape index (κ1) is 13.4. The minimum Gasteiger partial charge on any atom is -0.354 e. The average Bonchev–Trinajstić information content (AvgIpc) is 2.33. The van der Waals surface area contributed by atoms with Gasteiger partial charge in [-0.25, -0.2) is 0 Å². The van der Waals surface area contributed by atoms with Crippen molar-refractivity contribution in [3.8, 4) is 0 Å². The van der Waals surface area contributed by atoms with Crippen molar-refractivity contribution in [2.24, 2.45) is 5.73 Å². The quantitative estimate of drug-likeness (QED) is 0.899. The molecule has 2 N–H and O–H groups in total. The summed E-state index contributed by atoms with van der Waals surface area (Å²) in [5, 5.41) is 0. The Kier molecular flexibility index (Phi) is 3.92. The first-order valence-electron chi connectivity index (χ1n) is 6.03. The van der Waals surface area contributed by atoms with Crippen LogP contribution in [0.3, 0.4) is 0 Å². The normalized spacial score (nSPS) is 24.6. The van der Waals surface area contributed by atoms with Crippen LogP contribution < -0.4 is 10.6 Å². The van der Waals surface area contributed by atoms with Gasteiger partial charge in [-0.2, -0.15) is 0 Å². The van der Waals surface area contributed by atoms with Crippen LogP contribution in [0.5, 0.6) is 0 Å². The fourth-order valence-electron chi connectivity index (χ4n) is 2.54. The van der Waals surface area contributed by atoms with Crippen LogP contribution in [-0.4, -0.2) is 43.0 Å². The molecule has 1 aliphatic rings. The molecule has 0 aliphatic carbocycles. The molecule has 4 nitrogen and oxygen atoms in total. The Balaban J connectivity index is 2.37. The summed E-state index contributed by atoms with van der Waals surface area (Å²) >= 11 is 3.46. The predicted octanol–water partition coefficient (Wildman–Crippen LogP) is 1.44. The Morgan fingerprint density at radius 1 is 1.50 bits per heavy atom. The van der Waals surface area contributed by atoms with E-state index < -0.39 is 0 Å². The van der Waals surface area contributed by atoms with Gasteiger partial charge in [-0.3, -0.25) is 4.79 Å². The van der Waals surface area contributed by atoms with Crippen molar-refractivity contribution in [1.82, 2.24) is 4.90 Å². The molecule has 1 aromatic rings. The lowest BCUT2D eigenvalue weighted by Crippen LogP contribution is -2.62. The molecule has 1 fully saturated rings. The SMILES string of the molecule is CC1CN(C)C(=O)C(CN)N1c1cccc(Br)c1. The first-order valence-corrected chi connectivity index (χ1v) is 6.83. The van der Waals surface area contributed by atoms with Gasteiger partial charge < -0.3 is 15.5 Å². The van der Waals surface area contributed by atoms with E-state index in [0.29, 0.717) is 6.54 Å². The summed E-state index contributed by atoms with van der Waals surface area (Å²) in [6.07, 6.45) is 0. The number of anilines is 1. The number of likely N-dealkylation sites (N-methyl/N-ethyl adjacent to an activating group) is 1.